The number of carbonyl (C=O) groups excluding carboxylic acids is 5. The number of ether oxygens (including phenoxy) is 3. The first-order valence-corrected chi connectivity index (χ1v) is 20.1. The second kappa shape index (κ2) is 16.5. The summed E-state index contributed by atoms with van der Waals surface area (Å²) in [6.45, 7) is 6.01. The number of nitrogens with zero attached hydrogens (tertiary/aromatic N) is 4. The third-order valence-corrected chi connectivity index (χ3v) is 11.5. The van der Waals surface area contributed by atoms with Crippen molar-refractivity contribution >= 4 is 46.6 Å². The zero-order chi connectivity index (χ0) is 42.3. The molecule has 0 radical (unpaired) electrons. The van der Waals surface area contributed by atoms with Gasteiger partial charge in [-0.25, -0.2) is 4.98 Å². The molecule has 0 bridgehead atoms. The van der Waals surface area contributed by atoms with E-state index in [1.807, 2.05) is 26.1 Å². The Kier molecular flexibility index (Phi) is 11.3. The molecule has 2 atom stereocenters. The van der Waals surface area contributed by atoms with Crippen molar-refractivity contribution in [3.05, 3.63) is 76.6 Å². The van der Waals surface area contributed by atoms with Crippen molar-refractivity contribution in [1.29, 1.82) is 0 Å². The zero-order valence-corrected chi connectivity index (χ0v) is 33.2. The highest BCUT2D eigenvalue weighted by atomic mass is 19.4. The van der Waals surface area contributed by atoms with Crippen LogP contribution < -0.4 is 25.6 Å². The van der Waals surface area contributed by atoms with Gasteiger partial charge in [-0.3, -0.25) is 34.2 Å². The van der Waals surface area contributed by atoms with Gasteiger partial charge in [-0.15, -0.1) is 0 Å². The Morgan fingerprint density at radius 3 is 2.57 bits per heavy atom. The molecule has 2 aromatic carbocycles. The minimum Gasteiger partial charge on any atom is -0.486 e. The molecule has 1 unspecified atom stereocenters. The average molecular weight is 834 g/mol. The fraction of sp³-hybridized carbons (Fsp3) is 0.476. The number of morpholine rings is 1. The van der Waals surface area contributed by atoms with Crippen LogP contribution in [0.1, 0.15) is 81.5 Å². The molecule has 1 aliphatic carbocycles. The van der Waals surface area contributed by atoms with E-state index in [2.05, 4.69) is 30.7 Å². The number of likely N-dealkylation sites (N-methyl/N-ethyl adjacent to an activating group) is 1. The van der Waals surface area contributed by atoms with E-state index in [4.69, 9.17) is 14.2 Å². The van der Waals surface area contributed by atoms with Gasteiger partial charge in [0.1, 0.15) is 28.8 Å². The molecule has 5 amide bonds. The number of hydrogen-bond acceptors (Lipinski definition) is 12. The third-order valence-electron chi connectivity index (χ3n) is 11.5. The molecule has 1 aromatic heterocycles. The number of alkyl halides is 3. The van der Waals surface area contributed by atoms with E-state index < -0.39 is 53.0 Å². The molecule has 1 saturated carbocycles. The van der Waals surface area contributed by atoms with Crippen molar-refractivity contribution in [2.45, 2.75) is 75.4 Å². The second-order valence-electron chi connectivity index (χ2n) is 16.2. The highest BCUT2D eigenvalue weighted by Gasteiger charge is 2.46. The number of rotatable bonds is 13. The summed E-state index contributed by atoms with van der Waals surface area (Å²) in [7, 11) is 2.01. The Bertz CT molecular complexity index is 2210. The van der Waals surface area contributed by atoms with Crippen molar-refractivity contribution in [2.24, 2.45) is 0 Å². The van der Waals surface area contributed by atoms with Gasteiger partial charge >= 0.3 is 6.18 Å². The molecule has 3 fully saturated rings. The quantitative estimate of drug-likeness (QED) is 0.165. The molecule has 15 nitrogen and oxygen atoms in total. The third kappa shape index (κ3) is 8.53. The number of fused-ring (bicyclic) bond motifs is 2. The number of hydrogen-bond donors (Lipinski definition) is 3. The minimum absolute atomic E-state index is 0.0340. The van der Waals surface area contributed by atoms with E-state index in [0.29, 0.717) is 81.5 Å². The minimum atomic E-state index is -4.68. The van der Waals surface area contributed by atoms with Crippen LogP contribution in [0.5, 0.6) is 5.75 Å². The molecule has 318 valence electrons. The zero-order valence-electron chi connectivity index (χ0n) is 33.2. The highest BCUT2D eigenvalue weighted by molar-refractivity contribution is 6.25. The van der Waals surface area contributed by atoms with Crippen LogP contribution in [0.4, 0.5) is 30.2 Å². The van der Waals surface area contributed by atoms with Gasteiger partial charge in [-0.2, -0.15) is 13.2 Å². The maximum atomic E-state index is 13.4. The summed E-state index contributed by atoms with van der Waals surface area (Å²) >= 11 is 0. The molecule has 18 heteroatoms. The summed E-state index contributed by atoms with van der Waals surface area (Å²) in [5, 5.41) is 8.42. The number of halogens is 3. The maximum absolute atomic E-state index is 13.4. The lowest BCUT2D eigenvalue weighted by Gasteiger charge is -2.37. The number of pyridine rings is 1. The Morgan fingerprint density at radius 2 is 1.82 bits per heavy atom. The predicted molar refractivity (Wildman–Crippen MR) is 211 cm³/mol. The first kappa shape index (κ1) is 41.2. The largest absolute Gasteiger partial charge is 0.486 e. The van der Waals surface area contributed by atoms with Gasteiger partial charge in [-0.1, -0.05) is 12.1 Å². The van der Waals surface area contributed by atoms with Crippen LogP contribution >= 0.6 is 0 Å². The number of nitrogens with one attached hydrogen (secondary N) is 3. The van der Waals surface area contributed by atoms with Gasteiger partial charge < -0.3 is 34.6 Å². The SMILES string of the molecule is CN(CCCO[C@H]1C[C@H](Nc2cccc3c2C(=O)N(C2CCC(=O)NC2=O)C3=O)C1)C[C@@]1(C)Cc2cc(NC(=O)c3cccc(C(F)(F)F)n3)c(N3CCOCC3)cc2O1. The number of benzene rings is 2. The average Bonchev–Trinajstić information content (AvgIpc) is 3.65. The molecule has 3 N–H and O–H groups in total. The number of piperidine rings is 1. The predicted octanol–water partition coefficient (Wildman–Crippen LogP) is 4.27. The topological polar surface area (TPSA) is 172 Å². The van der Waals surface area contributed by atoms with E-state index in [1.165, 1.54) is 6.07 Å². The molecule has 4 aliphatic heterocycles. The smallest absolute Gasteiger partial charge is 0.433 e. The van der Waals surface area contributed by atoms with E-state index in [9.17, 15) is 37.1 Å². The maximum Gasteiger partial charge on any atom is 0.433 e. The van der Waals surface area contributed by atoms with E-state index in [1.54, 1.807) is 18.2 Å². The molecule has 3 aromatic rings. The van der Waals surface area contributed by atoms with Crippen LogP contribution in [0.15, 0.2) is 48.5 Å². The van der Waals surface area contributed by atoms with Crippen LogP contribution in [0.3, 0.4) is 0 Å². The monoisotopic (exact) mass is 833 g/mol. The summed E-state index contributed by atoms with van der Waals surface area (Å²) in [5.41, 5.74) is 0.944. The van der Waals surface area contributed by atoms with Crippen LogP contribution in [0.25, 0.3) is 0 Å². The van der Waals surface area contributed by atoms with Crippen molar-refractivity contribution in [3.63, 3.8) is 0 Å². The summed E-state index contributed by atoms with van der Waals surface area (Å²) < 4.78 is 58.2. The number of anilines is 3. The number of imide groups is 2. The molecule has 0 spiro atoms. The van der Waals surface area contributed by atoms with Crippen molar-refractivity contribution < 1.29 is 51.4 Å². The summed E-state index contributed by atoms with van der Waals surface area (Å²) in [5.74, 6) is -2.23. The standard InChI is InChI=1S/C42H46F3N7O8/c1-41(22-24-18-30(32(21-33(24)60-41)51-13-16-58-17-14-51)48-37(54)29-8-4-9-34(47-29)42(43,44)45)23-50(2)12-5-15-59-26-19-25(20-26)46-28-7-3-6-27-36(28)40(57)52(39(27)56)31-10-11-35(53)49-38(31)55/h3-4,6-9,18,21,25-26,31,46H,5,10-17,19-20,22-23H2,1-2H3,(H,48,54)(H,49,53,55)/t25-,26-,31?,41-/m1/s1. The molecule has 8 rings (SSSR count). The Morgan fingerprint density at radius 1 is 1.05 bits per heavy atom. The van der Waals surface area contributed by atoms with Crippen LogP contribution in [-0.2, 0) is 31.7 Å². The van der Waals surface area contributed by atoms with Gasteiger partial charge in [0, 0.05) is 69.0 Å². The molecule has 5 heterocycles. The van der Waals surface area contributed by atoms with Gasteiger partial charge in [0.25, 0.3) is 17.7 Å². The van der Waals surface area contributed by atoms with Crippen LogP contribution in [-0.4, -0.2) is 121 Å². The van der Waals surface area contributed by atoms with Crippen LogP contribution in [0, 0.1) is 0 Å². The van der Waals surface area contributed by atoms with Gasteiger partial charge in [0.15, 0.2) is 0 Å². The molecule has 60 heavy (non-hydrogen) atoms. The van der Waals surface area contributed by atoms with Gasteiger partial charge in [0.05, 0.1) is 41.8 Å². The second-order valence-corrected chi connectivity index (χ2v) is 16.2. The van der Waals surface area contributed by atoms with E-state index in [0.717, 1.165) is 35.6 Å². The fourth-order valence-electron chi connectivity index (χ4n) is 8.62. The summed E-state index contributed by atoms with van der Waals surface area (Å²) in [4.78, 5) is 72.7. The fourth-order valence-corrected chi connectivity index (χ4v) is 8.62. The van der Waals surface area contributed by atoms with E-state index >= 15 is 0 Å². The molecule has 5 aliphatic rings. The summed E-state index contributed by atoms with van der Waals surface area (Å²) in [6.07, 6.45) is -1.75. The lowest BCUT2D eigenvalue weighted by Crippen LogP contribution is -2.54. The van der Waals surface area contributed by atoms with Crippen molar-refractivity contribution in [3.8, 4) is 5.75 Å². The van der Waals surface area contributed by atoms with Gasteiger partial charge in [0.2, 0.25) is 11.8 Å². The Labute approximate surface area is 343 Å². The normalized spacial score (nSPS) is 23.9. The first-order valence-electron chi connectivity index (χ1n) is 20.1. The summed E-state index contributed by atoms with van der Waals surface area (Å²) in [6, 6.07) is 11.0. The molecular weight excluding hydrogens is 787 g/mol. The Balaban J connectivity index is 0.814. The van der Waals surface area contributed by atoms with Crippen molar-refractivity contribution in [1.82, 2.24) is 20.1 Å². The van der Waals surface area contributed by atoms with Gasteiger partial charge in [-0.05, 0) is 70.0 Å². The Hall–Kier alpha value is -5.59. The highest BCUT2D eigenvalue weighted by Crippen LogP contribution is 2.43. The number of amides is 5. The van der Waals surface area contributed by atoms with Crippen molar-refractivity contribution in [2.75, 3.05) is 68.6 Å². The number of carbonyl (C=O) groups is 5. The first-order chi connectivity index (χ1) is 28.7. The lowest BCUT2D eigenvalue weighted by atomic mass is 9.88. The lowest BCUT2D eigenvalue weighted by molar-refractivity contribution is -0.141. The molecular formula is C42H46F3N7O8. The van der Waals surface area contributed by atoms with E-state index in [-0.39, 0.29) is 41.8 Å². The number of aromatic nitrogens is 1. The molecule has 2 saturated heterocycles. The van der Waals surface area contributed by atoms with Crippen LogP contribution in [0.2, 0.25) is 0 Å².